The zero-order valence-corrected chi connectivity index (χ0v) is 12.9. The van der Waals surface area contributed by atoms with Crippen LogP contribution >= 0.6 is 0 Å². The van der Waals surface area contributed by atoms with Crippen LogP contribution in [0, 0.1) is 32.6 Å². The van der Waals surface area contributed by atoms with Crippen molar-refractivity contribution in [1.29, 1.82) is 0 Å². The first-order chi connectivity index (χ1) is 9.99. The van der Waals surface area contributed by atoms with Crippen molar-refractivity contribution in [3.8, 4) is 11.8 Å². The molecule has 106 valence electrons. The monoisotopic (exact) mass is 277 g/mol. The van der Waals surface area contributed by atoms with Crippen molar-refractivity contribution in [2.75, 3.05) is 11.9 Å². The molecule has 0 radical (unpaired) electrons. The molecular weight excluding hydrogens is 258 g/mol. The van der Waals surface area contributed by atoms with E-state index in [4.69, 9.17) is 0 Å². The van der Waals surface area contributed by atoms with Gasteiger partial charge in [0.25, 0.3) is 0 Å². The zero-order valence-electron chi connectivity index (χ0n) is 12.9. The van der Waals surface area contributed by atoms with Gasteiger partial charge in [0.1, 0.15) is 0 Å². The van der Waals surface area contributed by atoms with E-state index in [-0.39, 0.29) is 5.91 Å². The summed E-state index contributed by atoms with van der Waals surface area (Å²) in [4.78, 5) is 13.9. The highest BCUT2D eigenvalue weighted by atomic mass is 16.2. The predicted octanol–water partition coefficient (Wildman–Crippen LogP) is 3.63. The number of nitrogens with zero attached hydrogens (tertiary/aromatic N) is 1. The van der Waals surface area contributed by atoms with Crippen LogP contribution in [0.15, 0.2) is 42.5 Å². The molecule has 0 aliphatic heterocycles. The predicted molar refractivity (Wildman–Crippen MR) is 87.4 cm³/mol. The average Bonchev–Trinajstić information content (AvgIpc) is 2.44. The minimum atomic E-state index is -0.200. The van der Waals surface area contributed by atoms with Crippen LogP contribution in [0.25, 0.3) is 0 Å². The van der Waals surface area contributed by atoms with Gasteiger partial charge in [-0.3, -0.25) is 4.79 Å². The van der Waals surface area contributed by atoms with Gasteiger partial charge in [-0.25, -0.2) is 0 Å². The highest BCUT2D eigenvalue weighted by molar-refractivity contribution is 6.06. The Morgan fingerprint density at radius 3 is 2.14 bits per heavy atom. The zero-order chi connectivity index (χ0) is 15.4. The fourth-order valence-electron chi connectivity index (χ4n) is 2.53. The molecule has 0 saturated heterocycles. The third-order valence-electron chi connectivity index (χ3n) is 3.36. The number of aryl methyl sites for hydroxylation is 3. The van der Waals surface area contributed by atoms with Crippen LogP contribution in [0.3, 0.4) is 0 Å². The van der Waals surface area contributed by atoms with E-state index in [0.29, 0.717) is 0 Å². The SMILES string of the molecule is Cc1cc(C)c(N(C)C(=O)C#Cc2ccccc2)c(C)c1. The van der Waals surface area contributed by atoms with Gasteiger partial charge in [0.05, 0.1) is 5.69 Å². The van der Waals surface area contributed by atoms with E-state index in [9.17, 15) is 4.79 Å². The van der Waals surface area contributed by atoms with Gasteiger partial charge in [-0.1, -0.05) is 41.8 Å². The van der Waals surface area contributed by atoms with Crippen molar-refractivity contribution in [3.63, 3.8) is 0 Å². The summed E-state index contributed by atoms with van der Waals surface area (Å²) < 4.78 is 0. The average molecular weight is 277 g/mol. The summed E-state index contributed by atoms with van der Waals surface area (Å²) in [5.41, 5.74) is 5.16. The Balaban J connectivity index is 2.27. The molecule has 0 aliphatic rings. The number of rotatable bonds is 1. The van der Waals surface area contributed by atoms with Crippen LogP contribution in [0.2, 0.25) is 0 Å². The summed E-state index contributed by atoms with van der Waals surface area (Å²) in [5.74, 6) is 5.41. The third kappa shape index (κ3) is 3.52. The quantitative estimate of drug-likeness (QED) is 0.729. The second kappa shape index (κ2) is 6.28. The number of amides is 1. The van der Waals surface area contributed by atoms with Gasteiger partial charge in [-0.05, 0) is 44.0 Å². The Bertz CT molecular complexity index is 697. The van der Waals surface area contributed by atoms with Gasteiger partial charge < -0.3 is 4.90 Å². The lowest BCUT2D eigenvalue weighted by Crippen LogP contribution is -2.26. The molecule has 0 bridgehead atoms. The number of hydrogen-bond donors (Lipinski definition) is 0. The van der Waals surface area contributed by atoms with Gasteiger partial charge >= 0.3 is 5.91 Å². The summed E-state index contributed by atoms with van der Waals surface area (Å²) in [6, 6.07) is 13.7. The van der Waals surface area contributed by atoms with Gasteiger partial charge in [0.2, 0.25) is 0 Å². The van der Waals surface area contributed by atoms with Crippen molar-refractivity contribution in [2.24, 2.45) is 0 Å². The van der Waals surface area contributed by atoms with E-state index < -0.39 is 0 Å². The Kier molecular flexibility index (Phi) is 4.45. The number of benzene rings is 2. The van der Waals surface area contributed by atoms with E-state index in [1.165, 1.54) is 5.56 Å². The van der Waals surface area contributed by atoms with Crippen LogP contribution in [-0.2, 0) is 4.79 Å². The molecule has 0 atom stereocenters. The lowest BCUT2D eigenvalue weighted by molar-refractivity contribution is -0.113. The van der Waals surface area contributed by atoms with E-state index in [0.717, 1.165) is 22.4 Å². The van der Waals surface area contributed by atoms with E-state index >= 15 is 0 Å². The first-order valence-corrected chi connectivity index (χ1v) is 6.91. The van der Waals surface area contributed by atoms with Gasteiger partial charge in [-0.2, -0.15) is 0 Å². The maximum absolute atomic E-state index is 12.3. The first-order valence-electron chi connectivity index (χ1n) is 6.91. The Morgan fingerprint density at radius 1 is 1.00 bits per heavy atom. The van der Waals surface area contributed by atoms with Crippen LogP contribution in [0.4, 0.5) is 5.69 Å². The summed E-state index contributed by atoms with van der Waals surface area (Å²) in [5, 5.41) is 0. The molecule has 0 heterocycles. The molecule has 2 rings (SSSR count). The maximum Gasteiger partial charge on any atom is 0.303 e. The molecule has 0 spiro atoms. The smallest absolute Gasteiger partial charge is 0.303 e. The van der Waals surface area contributed by atoms with Gasteiger partial charge in [-0.15, -0.1) is 0 Å². The van der Waals surface area contributed by atoms with Gasteiger partial charge in [0.15, 0.2) is 0 Å². The summed E-state index contributed by atoms with van der Waals surface area (Å²) in [6.07, 6.45) is 0. The minimum absolute atomic E-state index is 0.200. The Labute approximate surface area is 126 Å². The van der Waals surface area contributed by atoms with Crippen LogP contribution in [-0.4, -0.2) is 13.0 Å². The standard InChI is InChI=1S/C19H19NO/c1-14-12-15(2)19(16(3)13-14)20(4)18(21)11-10-17-8-6-5-7-9-17/h5-9,12-13H,1-4H3. The number of carbonyl (C=O) groups excluding carboxylic acids is 1. The molecule has 0 aliphatic carbocycles. The second-order valence-corrected chi connectivity index (χ2v) is 5.23. The normalized spacial score (nSPS) is 9.71. The van der Waals surface area contributed by atoms with Crippen molar-refractivity contribution in [1.82, 2.24) is 0 Å². The fraction of sp³-hybridized carbons (Fsp3) is 0.211. The molecule has 2 aromatic carbocycles. The maximum atomic E-state index is 12.3. The van der Waals surface area contributed by atoms with E-state index in [2.05, 4.69) is 30.9 Å². The molecule has 0 N–H and O–H groups in total. The van der Waals surface area contributed by atoms with Crippen molar-refractivity contribution >= 4 is 11.6 Å². The molecule has 1 amide bonds. The van der Waals surface area contributed by atoms with Crippen LogP contribution < -0.4 is 4.90 Å². The molecule has 0 aromatic heterocycles. The Hall–Kier alpha value is -2.53. The number of carbonyl (C=O) groups is 1. The van der Waals surface area contributed by atoms with Crippen molar-refractivity contribution in [2.45, 2.75) is 20.8 Å². The molecule has 21 heavy (non-hydrogen) atoms. The molecular formula is C19H19NO. The fourth-order valence-corrected chi connectivity index (χ4v) is 2.53. The molecule has 2 heteroatoms. The highest BCUT2D eigenvalue weighted by Crippen LogP contribution is 2.25. The lowest BCUT2D eigenvalue weighted by atomic mass is 10.0. The molecule has 2 aromatic rings. The molecule has 0 fully saturated rings. The minimum Gasteiger partial charge on any atom is -0.304 e. The van der Waals surface area contributed by atoms with E-state index in [1.807, 2.05) is 44.2 Å². The van der Waals surface area contributed by atoms with Crippen LogP contribution in [0.5, 0.6) is 0 Å². The van der Waals surface area contributed by atoms with E-state index in [1.54, 1.807) is 11.9 Å². The molecule has 2 nitrogen and oxygen atoms in total. The van der Waals surface area contributed by atoms with Crippen molar-refractivity contribution in [3.05, 3.63) is 64.7 Å². The summed E-state index contributed by atoms with van der Waals surface area (Å²) >= 11 is 0. The first kappa shape index (κ1) is 14.9. The summed E-state index contributed by atoms with van der Waals surface area (Å²) in [6.45, 7) is 6.09. The number of hydrogen-bond acceptors (Lipinski definition) is 1. The molecule has 0 unspecified atom stereocenters. The summed E-state index contributed by atoms with van der Waals surface area (Å²) in [7, 11) is 1.77. The molecule has 0 saturated carbocycles. The van der Waals surface area contributed by atoms with Crippen LogP contribution in [0.1, 0.15) is 22.3 Å². The largest absolute Gasteiger partial charge is 0.304 e. The van der Waals surface area contributed by atoms with Crippen molar-refractivity contribution < 1.29 is 4.79 Å². The lowest BCUT2D eigenvalue weighted by Gasteiger charge is -2.20. The topological polar surface area (TPSA) is 20.3 Å². The third-order valence-corrected chi connectivity index (χ3v) is 3.36. The Morgan fingerprint density at radius 2 is 1.57 bits per heavy atom. The number of anilines is 1. The van der Waals surface area contributed by atoms with Gasteiger partial charge in [0, 0.05) is 18.5 Å². The second-order valence-electron chi connectivity index (χ2n) is 5.23. The highest BCUT2D eigenvalue weighted by Gasteiger charge is 2.13.